The van der Waals surface area contributed by atoms with Gasteiger partial charge in [-0.1, -0.05) is 6.07 Å². The molecular weight excluding hydrogens is 266 g/mol. The van der Waals surface area contributed by atoms with Gasteiger partial charge in [0, 0.05) is 6.61 Å². The van der Waals surface area contributed by atoms with Crippen LogP contribution in [0.1, 0.15) is 19.3 Å². The first-order valence-electron chi connectivity index (χ1n) is 6.15. The highest BCUT2D eigenvalue weighted by molar-refractivity contribution is 7.71. The standard InChI is InChI=1S/C12H15N3OS2/c17-12-14-13-11(10-5-3-7-18-10)15(12)8-9-4-1-2-6-16-9/h3,5,7,9H,1-2,4,6,8H2,(H,14,17). The normalized spacial score (nSPS) is 20.1. The maximum absolute atomic E-state index is 5.77. The van der Waals surface area contributed by atoms with Crippen molar-refractivity contribution in [2.24, 2.45) is 0 Å². The van der Waals surface area contributed by atoms with Crippen LogP contribution in [0.15, 0.2) is 17.5 Å². The van der Waals surface area contributed by atoms with Crippen molar-refractivity contribution in [1.82, 2.24) is 14.8 Å². The Bertz CT molecular complexity index is 552. The predicted octanol–water partition coefficient (Wildman–Crippen LogP) is 3.24. The first-order valence-corrected chi connectivity index (χ1v) is 7.44. The molecule has 6 heteroatoms. The van der Waals surface area contributed by atoms with Crippen molar-refractivity contribution in [2.45, 2.75) is 31.9 Å². The van der Waals surface area contributed by atoms with E-state index >= 15 is 0 Å². The Kier molecular flexibility index (Phi) is 3.58. The first kappa shape index (κ1) is 12.1. The zero-order chi connectivity index (χ0) is 12.4. The van der Waals surface area contributed by atoms with E-state index in [0.29, 0.717) is 4.77 Å². The van der Waals surface area contributed by atoms with Crippen LogP contribution in [-0.4, -0.2) is 27.5 Å². The van der Waals surface area contributed by atoms with Crippen LogP contribution in [0.4, 0.5) is 0 Å². The molecule has 1 N–H and O–H groups in total. The SMILES string of the molecule is S=c1[nH]nc(-c2cccs2)n1CC1CCCCO1. The number of aromatic amines is 1. The van der Waals surface area contributed by atoms with Gasteiger partial charge in [0.05, 0.1) is 17.5 Å². The third-order valence-corrected chi connectivity index (χ3v) is 4.34. The van der Waals surface area contributed by atoms with Crippen molar-refractivity contribution >= 4 is 23.6 Å². The van der Waals surface area contributed by atoms with E-state index in [4.69, 9.17) is 17.0 Å². The molecule has 2 aromatic rings. The van der Waals surface area contributed by atoms with Gasteiger partial charge in [-0.25, -0.2) is 0 Å². The summed E-state index contributed by atoms with van der Waals surface area (Å²) in [5.41, 5.74) is 0. The van der Waals surface area contributed by atoms with Gasteiger partial charge >= 0.3 is 0 Å². The molecule has 4 nitrogen and oxygen atoms in total. The van der Waals surface area contributed by atoms with Gasteiger partial charge in [-0.2, -0.15) is 5.10 Å². The summed E-state index contributed by atoms with van der Waals surface area (Å²) in [5.74, 6) is 0.921. The predicted molar refractivity (Wildman–Crippen MR) is 74.3 cm³/mol. The van der Waals surface area contributed by atoms with Crippen LogP contribution in [-0.2, 0) is 11.3 Å². The number of aromatic nitrogens is 3. The fourth-order valence-corrected chi connectivity index (χ4v) is 3.16. The van der Waals surface area contributed by atoms with Crippen molar-refractivity contribution in [3.8, 4) is 10.7 Å². The third kappa shape index (κ3) is 2.41. The van der Waals surface area contributed by atoms with E-state index in [-0.39, 0.29) is 6.10 Å². The Morgan fingerprint density at radius 1 is 1.56 bits per heavy atom. The summed E-state index contributed by atoms with van der Waals surface area (Å²) in [6.07, 6.45) is 3.79. The van der Waals surface area contributed by atoms with Crippen molar-refractivity contribution in [1.29, 1.82) is 0 Å². The minimum absolute atomic E-state index is 0.266. The highest BCUT2D eigenvalue weighted by Crippen LogP contribution is 2.24. The lowest BCUT2D eigenvalue weighted by Crippen LogP contribution is -2.24. The summed E-state index contributed by atoms with van der Waals surface area (Å²) in [6.45, 7) is 1.66. The Morgan fingerprint density at radius 2 is 2.50 bits per heavy atom. The quantitative estimate of drug-likeness (QED) is 0.878. The third-order valence-electron chi connectivity index (χ3n) is 3.16. The molecule has 1 unspecified atom stereocenters. The molecule has 0 radical (unpaired) electrons. The lowest BCUT2D eigenvalue weighted by molar-refractivity contribution is 0.00599. The van der Waals surface area contributed by atoms with Crippen LogP contribution in [0, 0.1) is 4.77 Å². The van der Waals surface area contributed by atoms with Gasteiger partial charge in [0.15, 0.2) is 10.6 Å². The monoisotopic (exact) mass is 281 g/mol. The summed E-state index contributed by atoms with van der Waals surface area (Å²) in [4.78, 5) is 1.14. The second-order valence-corrected chi connectivity index (χ2v) is 5.76. The minimum atomic E-state index is 0.266. The number of nitrogens with one attached hydrogen (secondary N) is 1. The molecule has 1 saturated heterocycles. The summed E-state index contributed by atoms with van der Waals surface area (Å²) >= 11 is 6.98. The van der Waals surface area contributed by atoms with E-state index in [9.17, 15) is 0 Å². The minimum Gasteiger partial charge on any atom is -0.376 e. The highest BCUT2D eigenvalue weighted by Gasteiger charge is 2.18. The molecule has 3 rings (SSSR count). The van der Waals surface area contributed by atoms with Gasteiger partial charge in [-0.05, 0) is 42.9 Å². The van der Waals surface area contributed by atoms with Gasteiger partial charge in [-0.3, -0.25) is 9.67 Å². The molecule has 1 aliphatic heterocycles. The molecular formula is C12H15N3OS2. The maximum atomic E-state index is 5.77. The topological polar surface area (TPSA) is 42.8 Å². The number of ether oxygens (including phenoxy) is 1. The maximum Gasteiger partial charge on any atom is 0.195 e. The molecule has 0 spiro atoms. The van der Waals surface area contributed by atoms with E-state index in [0.717, 1.165) is 30.3 Å². The molecule has 0 saturated carbocycles. The first-order chi connectivity index (χ1) is 8.84. The number of rotatable bonds is 3. The second kappa shape index (κ2) is 5.34. The Morgan fingerprint density at radius 3 is 3.22 bits per heavy atom. The molecule has 0 bridgehead atoms. The van der Waals surface area contributed by atoms with Gasteiger partial charge in [0.2, 0.25) is 0 Å². The summed E-state index contributed by atoms with van der Waals surface area (Å²) in [6, 6.07) is 4.09. The molecule has 96 valence electrons. The Hall–Kier alpha value is -0.980. The fraction of sp³-hybridized carbons (Fsp3) is 0.500. The van der Waals surface area contributed by atoms with E-state index in [1.165, 1.54) is 12.8 Å². The number of hydrogen-bond acceptors (Lipinski definition) is 4. The average molecular weight is 281 g/mol. The average Bonchev–Trinajstić information content (AvgIpc) is 3.02. The number of H-pyrrole nitrogens is 1. The number of hydrogen-bond donors (Lipinski definition) is 1. The largest absolute Gasteiger partial charge is 0.376 e. The van der Waals surface area contributed by atoms with Gasteiger partial charge in [0.1, 0.15) is 0 Å². The molecule has 0 aliphatic carbocycles. The van der Waals surface area contributed by atoms with Crippen LogP contribution in [0.3, 0.4) is 0 Å². The summed E-state index contributed by atoms with van der Waals surface area (Å²) in [5, 5.41) is 9.26. The van der Waals surface area contributed by atoms with Gasteiger partial charge in [0.25, 0.3) is 0 Å². The Balaban J connectivity index is 1.86. The van der Waals surface area contributed by atoms with Crippen LogP contribution in [0.5, 0.6) is 0 Å². The van der Waals surface area contributed by atoms with E-state index in [2.05, 4.69) is 26.2 Å². The van der Waals surface area contributed by atoms with Crippen LogP contribution < -0.4 is 0 Å². The van der Waals surface area contributed by atoms with Crippen molar-refractivity contribution in [2.75, 3.05) is 6.61 Å². The van der Waals surface area contributed by atoms with E-state index < -0.39 is 0 Å². The second-order valence-electron chi connectivity index (χ2n) is 4.43. The fourth-order valence-electron chi connectivity index (χ4n) is 2.24. The molecule has 1 fully saturated rings. The van der Waals surface area contributed by atoms with Crippen LogP contribution in [0.25, 0.3) is 10.7 Å². The van der Waals surface area contributed by atoms with E-state index in [1.807, 2.05) is 6.07 Å². The smallest absolute Gasteiger partial charge is 0.195 e. The van der Waals surface area contributed by atoms with Crippen molar-refractivity contribution < 1.29 is 4.74 Å². The molecule has 1 aliphatic rings. The van der Waals surface area contributed by atoms with Gasteiger partial charge in [-0.15, -0.1) is 11.3 Å². The number of thiophene rings is 1. The summed E-state index contributed by atoms with van der Waals surface area (Å²) < 4.78 is 8.50. The molecule has 2 aromatic heterocycles. The van der Waals surface area contributed by atoms with Crippen LogP contribution in [0.2, 0.25) is 0 Å². The molecule has 0 aromatic carbocycles. The van der Waals surface area contributed by atoms with Gasteiger partial charge < -0.3 is 4.74 Å². The lowest BCUT2D eigenvalue weighted by Gasteiger charge is -2.23. The zero-order valence-electron chi connectivity index (χ0n) is 9.96. The highest BCUT2D eigenvalue weighted by atomic mass is 32.1. The molecule has 0 amide bonds. The molecule has 18 heavy (non-hydrogen) atoms. The molecule has 1 atom stereocenters. The zero-order valence-corrected chi connectivity index (χ0v) is 11.6. The number of nitrogens with zero attached hydrogens (tertiary/aromatic N) is 2. The lowest BCUT2D eigenvalue weighted by atomic mass is 10.1. The van der Waals surface area contributed by atoms with Crippen LogP contribution >= 0.6 is 23.6 Å². The molecule has 3 heterocycles. The van der Waals surface area contributed by atoms with E-state index in [1.54, 1.807) is 11.3 Å². The summed E-state index contributed by atoms with van der Waals surface area (Å²) in [7, 11) is 0. The van der Waals surface area contributed by atoms with Crippen molar-refractivity contribution in [3.63, 3.8) is 0 Å². The van der Waals surface area contributed by atoms with Crippen molar-refractivity contribution in [3.05, 3.63) is 22.3 Å². The Labute approximate surface area is 115 Å².